The summed E-state index contributed by atoms with van der Waals surface area (Å²) in [6.45, 7) is 5.30. The maximum Gasteiger partial charge on any atom is 0.407 e. The summed E-state index contributed by atoms with van der Waals surface area (Å²) in [5.74, 6) is -2.68. The normalized spacial score (nSPS) is 14.5. The van der Waals surface area contributed by atoms with Gasteiger partial charge in [0.25, 0.3) is 0 Å². The number of hydrogen-bond acceptors (Lipinski definition) is 6. The number of benzene rings is 2. The third-order valence-electron chi connectivity index (χ3n) is 5.51. The molecule has 3 rings (SSSR count). The van der Waals surface area contributed by atoms with Crippen LogP contribution in [0.3, 0.4) is 0 Å². The smallest absolute Gasteiger partial charge is 0.407 e. The lowest BCUT2D eigenvalue weighted by atomic mass is 9.94. The molecule has 0 fully saturated rings. The molecular formula is C25H30N2O6. The van der Waals surface area contributed by atoms with Gasteiger partial charge in [0.1, 0.15) is 12.2 Å². The Kier molecular flexibility index (Phi) is 7.07. The maximum atomic E-state index is 12.8. The van der Waals surface area contributed by atoms with Gasteiger partial charge >= 0.3 is 18.0 Å². The fourth-order valence-electron chi connectivity index (χ4n) is 3.90. The van der Waals surface area contributed by atoms with Gasteiger partial charge in [-0.1, -0.05) is 48.5 Å². The number of carbonyl (C=O) groups excluding carboxylic acids is 2. The van der Waals surface area contributed by atoms with Crippen LogP contribution in [0.5, 0.6) is 0 Å². The molecule has 2 aromatic carbocycles. The first kappa shape index (κ1) is 24.3. The number of rotatable bonds is 8. The predicted octanol–water partition coefficient (Wildman–Crippen LogP) is 3.43. The average Bonchev–Trinajstić information content (AvgIpc) is 3.07. The van der Waals surface area contributed by atoms with Gasteiger partial charge in [-0.3, -0.25) is 0 Å². The van der Waals surface area contributed by atoms with Crippen LogP contribution in [0.1, 0.15) is 50.7 Å². The molecule has 0 aromatic heterocycles. The minimum Gasteiger partial charge on any atom is -0.479 e. The third-order valence-corrected chi connectivity index (χ3v) is 5.51. The van der Waals surface area contributed by atoms with E-state index in [0.717, 1.165) is 22.3 Å². The number of alkyl carbamates (subject to hydrolysis) is 1. The van der Waals surface area contributed by atoms with E-state index in [0.29, 0.717) is 0 Å². The van der Waals surface area contributed by atoms with Gasteiger partial charge in [0.15, 0.2) is 0 Å². The molecule has 8 nitrogen and oxygen atoms in total. The number of amides is 1. The summed E-state index contributed by atoms with van der Waals surface area (Å²) in [6, 6.07) is 15.7. The molecule has 33 heavy (non-hydrogen) atoms. The quantitative estimate of drug-likeness (QED) is 0.317. The Morgan fingerprint density at radius 1 is 1.00 bits per heavy atom. The molecule has 1 aliphatic rings. The molecule has 0 unspecified atom stereocenters. The zero-order chi connectivity index (χ0) is 24.2. The van der Waals surface area contributed by atoms with Crippen LogP contribution >= 0.6 is 0 Å². The van der Waals surface area contributed by atoms with Crippen molar-refractivity contribution in [3.63, 3.8) is 0 Å². The number of nitrogens with one attached hydrogen (secondary N) is 1. The number of carboxylic acid groups (broad SMARTS) is 1. The lowest BCUT2D eigenvalue weighted by Crippen LogP contribution is -2.56. The summed E-state index contributed by atoms with van der Waals surface area (Å²) < 4.78 is 10.6. The maximum absolute atomic E-state index is 12.8. The summed E-state index contributed by atoms with van der Waals surface area (Å²) in [4.78, 5) is 36.3. The van der Waals surface area contributed by atoms with Gasteiger partial charge in [0, 0.05) is 12.5 Å². The van der Waals surface area contributed by atoms with Crippen LogP contribution in [0.25, 0.3) is 11.1 Å². The molecule has 1 amide bonds. The minimum absolute atomic E-state index is 0.0186. The first-order valence-electron chi connectivity index (χ1n) is 10.9. The molecule has 1 atom stereocenters. The fourth-order valence-corrected chi connectivity index (χ4v) is 3.90. The SMILES string of the molecule is CC(C)(C)OC(=O)NCCC[C@@](N)(C(=O)O)C(=O)OCC1c2ccccc2-c2ccccc21. The van der Waals surface area contributed by atoms with Crippen LogP contribution in [0.4, 0.5) is 4.79 Å². The monoisotopic (exact) mass is 454 g/mol. The molecule has 2 aromatic rings. The van der Waals surface area contributed by atoms with Crippen LogP contribution in [0.15, 0.2) is 48.5 Å². The van der Waals surface area contributed by atoms with E-state index in [2.05, 4.69) is 5.32 Å². The molecule has 8 heteroatoms. The second kappa shape index (κ2) is 9.62. The highest BCUT2D eigenvalue weighted by Gasteiger charge is 2.44. The number of hydrogen-bond donors (Lipinski definition) is 3. The van der Waals surface area contributed by atoms with Crippen LogP contribution < -0.4 is 11.1 Å². The summed E-state index contributed by atoms with van der Waals surface area (Å²) in [5, 5.41) is 12.2. The first-order chi connectivity index (χ1) is 15.5. The molecule has 176 valence electrons. The van der Waals surface area contributed by atoms with Gasteiger partial charge in [-0.05, 0) is 55.9 Å². The standard InChI is InChI=1S/C25H30N2O6/c1-24(2,3)33-23(31)27-14-8-13-25(26,21(28)29)22(30)32-15-20-18-11-6-4-9-16(18)17-10-5-7-12-19(17)20/h4-7,9-12,20H,8,13-15,26H2,1-3H3,(H,27,31)(H,28,29)/t25-/m1/s1. The molecule has 0 saturated heterocycles. The van der Waals surface area contributed by atoms with Gasteiger partial charge in [0.05, 0.1) is 0 Å². The van der Waals surface area contributed by atoms with Gasteiger partial charge < -0.3 is 25.6 Å². The Bertz CT molecular complexity index is 1000. The second-order valence-electron chi connectivity index (χ2n) is 9.13. The lowest BCUT2D eigenvalue weighted by Gasteiger charge is -2.24. The van der Waals surface area contributed by atoms with Crippen molar-refractivity contribution in [2.75, 3.05) is 13.2 Å². The molecule has 1 aliphatic carbocycles. The summed E-state index contributed by atoms with van der Waals surface area (Å²) in [5.41, 5.74) is 7.27. The van der Waals surface area contributed by atoms with Crippen molar-refractivity contribution in [3.8, 4) is 11.1 Å². The Morgan fingerprint density at radius 2 is 1.55 bits per heavy atom. The zero-order valence-corrected chi connectivity index (χ0v) is 19.1. The predicted molar refractivity (Wildman–Crippen MR) is 123 cm³/mol. The summed E-state index contributed by atoms with van der Waals surface area (Å²) in [6.07, 6.45) is -0.664. The van der Waals surface area contributed by atoms with E-state index in [4.69, 9.17) is 15.2 Å². The number of fused-ring (bicyclic) bond motifs is 3. The number of aliphatic carboxylic acids is 1. The van der Waals surface area contributed by atoms with Crippen molar-refractivity contribution in [1.29, 1.82) is 0 Å². The van der Waals surface area contributed by atoms with Gasteiger partial charge in [-0.2, -0.15) is 0 Å². The highest BCUT2D eigenvalue weighted by Crippen LogP contribution is 2.44. The molecule has 0 heterocycles. The van der Waals surface area contributed by atoms with E-state index in [-0.39, 0.29) is 31.9 Å². The van der Waals surface area contributed by atoms with Gasteiger partial charge in [-0.15, -0.1) is 0 Å². The van der Waals surface area contributed by atoms with E-state index in [9.17, 15) is 19.5 Å². The van der Waals surface area contributed by atoms with E-state index in [1.807, 2.05) is 48.5 Å². The van der Waals surface area contributed by atoms with Gasteiger partial charge in [-0.25, -0.2) is 14.4 Å². The number of carbonyl (C=O) groups is 3. The number of nitrogens with two attached hydrogens (primary N) is 1. The molecular weight excluding hydrogens is 424 g/mol. The fraction of sp³-hybridized carbons (Fsp3) is 0.400. The average molecular weight is 455 g/mol. The summed E-state index contributed by atoms with van der Waals surface area (Å²) in [7, 11) is 0. The topological polar surface area (TPSA) is 128 Å². The van der Waals surface area contributed by atoms with E-state index in [1.165, 1.54) is 0 Å². The Hall–Kier alpha value is -3.39. The number of ether oxygens (including phenoxy) is 2. The molecule has 0 aliphatic heterocycles. The largest absolute Gasteiger partial charge is 0.479 e. The van der Waals surface area contributed by atoms with Crippen molar-refractivity contribution < 1.29 is 29.0 Å². The van der Waals surface area contributed by atoms with Crippen LogP contribution in [0.2, 0.25) is 0 Å². The van der Waals surface area contributed by atoms with Crippen molar-refractivity contribution in [2.24, 2.45) is 5.73 Å². The highest BCUT2D eigenvalue weighted by atomic mass is 16.6. The van der Waals surface area contributed by atoms with Gasteiger partial charge in [0.2, 0.25) is 5.54 Å². The Labute approximate surface area is 193 Å². The van der Waals surface area contributed by atoms with Crippen LogP contribution in [-0.2, 0) is 19.1 Å². The number of carboxylic acids is 1. The van der Waals surface area contributed by atoms with Crippen molar-refractivity contribution in [1.82, 2.24) is 5.32 Å². The second-order valence-corrected chi connectivity index (χ2v) is 9.13. The molecule has 0 bridgehead atoms. The van der Waals surface area contributed by atoms with E-state index in [1.54, 1.807) is 20.8 Å². The minimum atomic E-state index is -2.22. The molecule has 0 radical (unpaired) electrons. The lowest BCUT2D eigenvalue weighted by molar-refractivity contribution is -0.161. The number of esters is 1. The van der Waals surface area contributed by atoms with Crippen molar-refractivity contribution in [3.05, 3.63) is 59.7 Å². The van der Waals surface area contributed by atoms with Crippen molar-refractivity contribution in [2.45, 2.75) is 50.7 Å². The Balaban J connectivity index is 1.62. The third kappa shape index (κ3) is 5.51. The van der Waals surface area contributed by atoms with E-state index >= 15 is 0 Å². The van der Waals surface area contributed by atoms with Crippen molar-refractivity contribution >= 4 is 18.0 Å². The van der Waals surface area contributed by atoms with Crippen LogP contribution in [0, 0.1) is 0 Å². The van der Waals surface area contributed by atoms with E-state index < -0.39 is 29.2 Å². The first-order valence-corrected chi connectivity index (χ1v) is 10.9. The molecule has 0 saturated carbocycles. The molecule has 4 N–H and O–H groups in total. The Morgan fingerprint density at radius 3 is 2.06 bits per heavy atom. The highest BCUT2D eigenvalue weighted by molar-refractivity contribution is 6.03. The van der Waals surface area contributed by atoms with Crippen LogP contribution in [-0.4, -0.2) is 47.4 Å². The molecule has 0 spiro atoms. The zero-order valence-electron chi connectivity index (χ0n) is 19.1. The summed E-state index contributed by atoms with van der Waals surface area (Å²) >= 11 is 0.